The van der Waals surface area contributed by atoms with E-state index in [2.05, 4.69) is 163 Å². The minimum Gasteiger partial charge on any atom is -0.355 e. The highest BCUT2D eigenvalue weighted by Gasteiger charge is 2.40. The van der Waals surface area contributed by atoms with Crippen molar-refractivity contribution in [3.63, 3.8) is 0 Å². The molecule has 0 saturated carbocycles. The molecular formula is C43H31BN2. The molecule has 216 valence electrons. The van der Waals surface area contributed by atoms with Gasteiger partial charge in [0.1, 0.15) is 0 Å². The maximum Gasteiger partial charge on any atom is 0.198 e. The fourth-order valence-corrected chi connectivity index (χ4v) is 8.45. The van der Waals surface area contributed by atoms with E-state index in [1.54, 1.807) is 0 Å². The molecule has 46 heavy (non-hydrogen) atoms. The Morgan fingerprint density at radius 3 is 2.17 bits per heavy atom. The van der Waals surface area contributed by atoms with Crippen molar-refractivity contribution < 1.29 is 0 Å². The van der Waals surface area contributed by atoms with E-state index in [4.69, 9.17) is 0 Å². The Kier molecular flexibility index (Phi) is 5.18. The second kappa shape index (κ2) is 9.25. The lowest BCUT2D eigenvalue weighted by atomic mass is 9.57. The number of hydrogen-bond acceptors (Lipinski definition) is 1. The average Bonchev–Trinajstić information content (AvgIpc) is 3.46. The molecule has 0 unspecified atom stereocenters. The fraction of sp³-hybridized carbons (Fsp3) is 0.0698. The van der Waals surface area contributed by atoms with E-state index in [-0.39, 0.29) is 5.41 Å². The zero-order valence-electron chi connectivity index (χ0n) is 25.9. The average molecular weight is 587 g/mol. The van der Waals surface area contributed by atoms with Crippen LogP contribution in [0, 0.1) is 0 Å². The summed E-state index contributed by atoms with van der Waals surface area (Å²) >= 11 is 0. The predicted octanol–water partition coefficient (Wildman–Crippen LogP) is 9.35. The SMILES string of the molecule is CC1(C)c2cccc3c2-n2c4c(c(-c5ccccc5Nc5ccccc5)cc(-c5ccccc5)c4c4c5ccccc5cc1c42)B3. The maximum absolute atomic E-state index is 3.75. The summed E-state index contributed by atoms with van der Waals surface area (Å²) in [6.07, 6.45) is 0. The van der Waals surface area contributed by atoms with Gasteiger partial charge in [-0.15, -0.1) is 0 Å². The van der Waals surface area contributed by atoms with E-state index >= 15 is 0 Å². The molecule has 2 aliphatic rings. The van der Waals surface area contributed by atoms with E-state index in [0.29, 0.717) is 0 Å². The van der Waals surface area contributed by atoms with E-state index < -0.39 is 0 Å². The third-order valence-corrected chi connectivity index (χ3v) is 10.5. The van der Waals surface area contributed by atoms with Crippen molar-refractivity contribution in [1.82, 2.24) is 4.57 Å². The molecule has 2 nitrogen and oxygen atoms in total. The van der Waals surface area contributed by atoms with Gasteiger partial charge in [0, 0.05) is 44.3 Å². The summed E-state index contributed by atoms with van der Waals surface area (Å²) in [4.78, 5) is 0. The number of benzene rings is 7. The lowest BCUT2D eigenvalue weighted by Crippen LogP contribution is -2.41. The molecular weight excluding hydrogens is 555 g/mol. The van der Waals surface area contributed by atoms with Gasteiger partial charge in [0.15, 0.2) is 7.28 Å². The van der Waals surface area contributed by atoms with Gasteiger partial charge in [-0.25, -0.2) is 0 Å². The number of aromatic nitrogens is 1. The zero-order valence-corrected chi connectivity index (χ0v) is 25.9. The summed E-state index contributed by atoms with van der Waals surface area (Å²) in [5.41, 5.74) is 16.8. The van der Waals surface area contributed by atoms with Crippen LogP contribution < -0.4 is 16.2 Å². The Morgan fingerprint density at radius 2 is 1.33 bits per heavy atom. The normalized spacial score (nSPS) is 13.8. The molecule has 2 aliphatic heterocycles. The summed E-state index contributed by atoms with van der Waals surface area (Å²) in [6, 6.07) is 51.2. The van der Waals surface area contributed by atoms with Crippen LogP contribution in [0.5, 0.6) is 0 Å². The van der Waals surface area contributed by atoms with Gasteiger partial charge >= 0.3 is 0 Å². The molecule has 0 saturated heterocycles. The van der Waals surface area contributed by atoms with Crippen LogP contribution in [-0.2, 0) is 5.41 Å². The van der Waals surface area contributed by atoms with Crippen molar-refractivity contribution >= 4 is 62.2 Å². The number of para-hydroxylation sites is 3. The van der Waals surface area contributed by atoms with Crippen molar-refractivity contribution in [2.24, 2.45) is 0 Å². The first kappa shape index (κ1) is 25.8. The summed E-state index contributed by atoms with van der Waals surface area (Å²) in [6.45, 7) is 4.83. The molecule has 0 aliphatic carbocycles. The molecule has 8 aromatic rings. The highest BCUT2D eigenvalue weighted by atomic mass is 15.0. The van der Waals surface area contributed by atoms with Crippen LogP contribution in [0.15, 0.2) is 140 Å². The van der Waals surface area contributed by atoms with Crippen LogP contribution in [0.25, 0.3) is 60.5 Å². The smallest absolute Gasteiger partial charge is 0.198 e. The first-order chi connectivity index (χ1) is 22.6. The van der Waals surface area contributed by atoms with Gasteiger partial charge in [0.05, 0.1) is 5.52 Å². The van der Waals surface area contributed by atoms with Crippen molar-refractivity contribution in [3.05, 3.63) is 151 Å². The monoisotopic (exact) mass is 586 g/mol. The van der Waals surface area contributed by atoms with Crippen LogP contribution in [0.3, 0.4) is 0 Å². The molecule has 3 heteroatoms. The lowest BCUT2D eigenvalue weighted by Gasteiger charge is -2.38. The van der Waals surface area contributed by atoms with Gasteiger partial charge in [0.2, 0.25) is 0 Å². The Labute approximate surface area is 269 Å². The van der Waals surface area contributed by atoms with E-state index in [1.165, 1.54) is 82.6 Å². The fourth-order valence-electron chi connectivity index (χ4n) is 8.45. The second-order valence-corrected chi connectivity index (χ2v) is 13.4. The largest absolute Gasteiger partial charge is 0.355 e. The molecule has 0 fully saturated rings. The quantitative estimate of drug-likeness (QED) is 0.203. The number of hydrogen-bond donors (Lipinski definition) is 1. The Balaban J connectivity index is 1.43. The first-order valence-corrected chi connectivity index (χ1v) is 16.3. The van der Waals surface area contributed by atoms with Gasteiger partial charge in [-0.3, -0.25) is 0 Å². The minimum atomic E-state index is -0.128. The van der Waals surface area contributed by atoms with Gasteiger partial charge < -0.3 is 9.88 Å². The summed E-state index contributed by atoms with van der Waals surface area (Å²) < 4.78 is 2.66. The Morgan fingerprint density at radius 1 is 0.587 bits per heavy atom. The molecule has 0 amide bonds. The van der Waals surface area contributed by atoms with Gasteiger partial charge in [0.25, 0.3) is 0 Å². The maximum atomic E-state index is 3.75. The van der Waals surface area contributed by atoms with Crippen LogP contribution in [0.1, 0.15) is 25.0 Å². The second-order valence-electron chi connectivity index (χ2n) is 13.4. The summed E-state index contributed by atoms with van der Waals surface area (Å²) in [5, 5.41) is 9.12. The third-order valence-electron chi connectivity index (χ3n) is 10.5. The lowest BCUT2D eigenvalue weighted by molar-refractivity contribution is 0.632. The van der Waals surface area contributed by atoms with Crippen LogP contribution in [0.4, 0.5) is 11.4 Å². The summed E-state index contributed by atoms with van der Waals surface area (Å²) in [7, 11) is 0.892. The number of fused-ring (bicyclic) bond motifs is 3. The first-order valence-electron chi connectivity index (χ1n) is 16.3. The summed E-state index contributed by atoms with van der Waals surface area (Å²) in [5.74, 6) is 0. The van der Waals surface area contributed by atoms with Gasteiger partial charge in [-0.1, -0.05) is 129 Å². The number of anilines is 2. The molecule has 3 heterocycles. The van der Waals surface area contributed by atoms with Crippen molar-refractivity contribution in [2.45, 2.75) is 19.3 Å². The van der Waals surface area contributed by atoms with Crippen LogP contribution >= 0.6 is 0 Å². The molecule has 10 rings (SSSR count). The van der Waals surface area contributed by atoms with Crippen LogP contribution in [0.2, 0.25) is 0 Å². The molecule has 7 aromatic carbocycles. The topological polar surface area (TPSA) is 17.0 Å². The molecule has 1 N–H and O–H groups in total. The highest BCUT2D eigenvalue weighted by Crippen LogP contribution is 2.52. The molecule has 0 atom stereocenters. The van der Waals surface area contributed by atoms with E-state index in [0.717, 1.165) is 18.7 Å². The van der Waals surface area contributed by atoms with Crippen molar-refractivity contribution in [1.29, 1.82) is 0 Å². The molecule has 0 bridgehead atoms. The standard InChI is InChI=1S/C43H31BN2/c1-43(2)33-21-13-22-35-40(33)46-41-34(43)24-27-16-9-10-19-29(27)37(41)38-31(26-14-5-3-6-15-26)25-32(39(44-35)42(38)46)30-20-11-12-23-36(30)45-28-17-7-4-8-18-28/h3-25,44-45H,1-2H3. The third kappa shape index (κ3) is 3.38. The van der Waals surface area contributed by atoms with Gasteiger partial charge in [-0.2, -0.15) is 0 Å². The Hall–Kier alpha value is -5.54. The molecule has 1 aromatic heterocycles. The van der Waals surface area contributed by atoms with E-state index in [1.807, 2.05) is 0 Å². The van der Waals surface area contributed by atoms with E-state index in [9.17, 15) is 0 Å². The number of nitrogens with zero attached hydrogens (tertiary/aromatic N) is 1. The minimum absolute atomic E-state index is 0.128. The predicted molar refractivity (Wildman–Crippen MR) is 197 cm³/mol. The van der Waals surface area contributed by atoms with Crippen LogP contribution in [-0.4, -0.2) is 11.8 Å². The van der Waals surface area contributed by atoms with Crippen molar-refractivity contribution in [2.75, 3.05) is 5.32 Å². The number of nitrogens with one attached hydrogen (secondary N) is 1. The Bertz CT molecular complexity index is 2540. The molecule has 0 radical (unpaired) electrons. The number of rotatable bonds is 4. The zero-order chi connectivity index (χ0) is 30.6. The van der Waals surface area contributed by atoms with Crippen molar-refractivity contribution in [3.8, 4) is 27.9 Å². The molecule has 0 spiro atoms. The highest BCUT2D eigenvalue weighted by molar-refractivity contribution is 6.74. The van der Waals surface area contributed by atoms with Gasteiger partial charge in [-0.05, 0) is 74.4 Å².